The lowest BCUT2D eigenvalue weighted by molar-refractivity contribution is 0.0847. The van der Waals surface area contributed by atoms with Gasteiger partial charge in [0.2, 0.25) is 5.91 Å². The lowest BCUT2D eigenvalue weighted by Gasteiger charge is -2.35. The first kappa shape index (κ1) is 22.1. The first-order chi connectivity index (χ1) is 14.4. The summed E-state index contributed by atoms with van der Waals surface area (Å²) in [6.45, 7) is 17.7. The Hall–Kier alpha value is -2.63. The molecule has 0 spiro atoms. The summed E-state index contributed by atoms with van der Waals surface area (Å²) in [6, 6.07) is 2.23. The SMILES string of the molecule is [C-]#[N+]c1sc(N(CC)C2CCOCC2)c(C)c1C(=O)NCc1c(C)cc(C)[nH]c1=O. The second kappa shape index (κ2) is 9.45. The average molecular weight is 429 g/mol. The molecular weight excluding hydrogens is 400 g/mol. The van der Waals surface area contributed by atoms with Crippen molar-refractivity contribution in [3.8, 4) is 0 Å². The van der Waals surface area contributed by atoms with Crippen LogP contribution in [0.5, 0.6) is 0 Å². The van der Waals surface area contributed by atoms with Crippen LogP contribution in [0.4, 0.5) is 10.0 Å². The molecule has 1 amide bonds. The number of amides is 1. The summed E-state index contributed by atoms with van der Waals surface area (Å²) in [5, 5.41) is 4.21. The van der Waals surface area contributed by atoms with E-state index >= 15 is 0 Å². The fourth-order valence-corrected chi connectivity index (χ4v) is 5.26. The van der Waals surface area contributed by atoms with Crippen LogP contribution in [0.25, 0.3) is 4.85 Å². The molecular formula is C22H28N4O3S. The number of carbonyl (C=O) groups excluding carboxylic acids is 1. The Labute approximate surface area is 180 Å². The number of nitrogens with one attached hydrogen (secondary N) is 2. The van der Waals surface area contributed by atoms with Crippen LogP contribution in [-0.2, 0) is 11.3 Å². The highest BCUT2D eigenvalue weighted by Crippen LogP contribution is 2.42. The van der Waals surface area contributed by atoms with Crippen molar-refractivity contribution in [1.82, 2.24) is 10.3 Å². The number of anilines is 1. The Bertz CT molecular complexity index is 1030. The van der Waals surface area contributed by atoms with Gasteiger partial charge in [-0.05, 0) is 57.7 Å². The van der Waals surface area contributed by atoms with Gasteiger partial charge in [0.15, 0.2) is 0 Å². The summed E-state index contributed by atoms with van der Waals surface area (Å²) >= 11 is 1.37. The molecule has 0 atom stereocenters. The van der Waals surface area contributed by atoms with Crippen LogP contribution in [0.1, 0.15) is 52.5 Å². The predicted molar refractivity (Wildman–Crippen MR) is 120 cm³/mol. The van der Waals surface area contributed by atoms with Crippen LogP contribution >= 0.6 is 11.3 Å². The number of nitrogens with zero attached hydrogens (tertiary/aromatic N) is 2. The first-order valence-corrected chi connectivity index (χ1v) is 11.0. The monoisotopic (exact) mass is 428 g/mol. The van der Waals surface area contributed by atoms with Crippen LogP contribution < -0.4 is 15.8 Å². The van der Waals surface area contributed by atoms with Crippen LogP contribution in [0.2, 0.25) is 0 Å². The van der Waals surface area contributed by atoms with Gasteiger partial charge in [-0.15, -0.1) is 11.3 Å². The Morgan fingerprint density at radius 2 is 2.07 bits per heavy atom. The second-order valence-corrected chi connectivity index (χ2v) is 8.56. The highest BCUT2D eigenvalue weighted by Gasteiger charge is 2.28. The van der Waals surface area contributed by atoms with E-state index in [1.54, 1.807) is 0 Å². The van der Waals surface area contributed by atoms with Gasteiger partial charge in [-0.1, -0.05) is 0 Å². The molecule has 1 saturated heterocycles. The molecule has 1 aliphatic heterocycles. The third-order valence-corrected chi connectivity index (χ3v) is 6.81. The Kier molecular flexibility index (Phi) is 6.95. The third kappa shape index (κ3) is 4.42. The quantitative estimate of drug-likeness (QED) is 0.685. The molecule has 1 fully saturated rings. The predicted octanol–water partition coefficient (Wildman–Crippen LogP) is 3.85. The largest absolute Gasteiger partial charge is 0.381 e. The summed E-state index contributed by atoms with van der Waals surface area (Å²) in [5.41, 5.74) is 3.19. The summed E-state index contributed by atoms with van der Waals surface area (Å²) in [7, 11) is 0. The number of carbonyl (C=O) groups is 1. The van der Waals surface area contributed by atoms with Crippen LogP contribution in [0, 0.1) is 27.3 Å². The van der Waals surface area contributed by atoms with Crippen LogP contribution in [0.3, 0.4) is 0 Å². The molecule has 2 aromatic rings. The molecule has 160 valence electrons. The van der Waals surface area contributed by atoms with Gasteiger partial charge < -0.3 is 19.9 Å². The number of aromatic nitrogens is 1. The van der Waals surface area contributed by atoms with Gasteiger partial charge in [0, 0.05) is 43.6 Å². The number of hydrogen-bond donors (Lipinski definition) is 2. The number of ether oxygens (including phenoxy) is 1. The van der Waals surface area contributed by atoms with Crippen molar-refractivity contribution in [2.45, 2.75) is 53.1 Å². The molecule has 30 heavy (non-hydrogen) atoms. The van der Waals surface area contributed by atoms with Crippen molar-refractivity contribution in [2.75, 3.05) is 24.7 Å². The maximum absolute atomic E-state index is 13.0. The van der Waals surface area contributed by atoms with E-state index in [4.69, 9.17) is 11.3 Å². The Morgan fingerprint density at radius 1 is 1.37 bits per heavy atom. The number of hydrogen-bond acceptors (Lipinski definition) is 5. The van der Waals surface area contributed by atoms with Crippen molar-refractivity contribution in [3.05, 3.63) is 55.8 Å². The molecule has 7 nitrogen and oxygen atoms in total. The number of aryl methyl sites for hydroxylation is 2. The Balaban J connectivity index is 1.86. The summed E-state index contributed by atoms with van der Waals surface area (Å²) in [5.74, 6) is -0.316. The first-order valence-electron chi connectivity index (χ1n) is 10.2. The normalized spacial score (nSPS) is 14.4. The molecule has 0 aromatic carbocycles. The molecule has 3 rings (SSSR count). The van der Waals surface area contributed by atoms with Crippen molar-refractivity contribution in [1.29, 1.82) is 0 Å². The third-order valence-electron chi connectivity index (χ3n) is 5.58. The molecule has 0 unspecified atom stereocenters. The van der Waals surface area contributed by atoms with E-state index in [0.29, 0.717) is 22.2 Å². The van der Waals surface area contributed by atoms with E-state index in [9.17, 15) is 9.59 Å². The zero-order valence-corrected chi connectivity index (χ0v) is 18.7. The van der Waals surface area contributed by atoms with Gasteiger partial charge in [0.1, 0.15) is 0 Å². The Morgan fingerprint density at radius 3 is 2.67 bits per heavy atom. The topological polar surface area (TPSA) is 78.8 Å². The van der Waals surface area contributed by atoms with E-state index in [0.717, 1.165) is 54.4 Å². The van der Waals surface area contributed by atoms with Gasteiger partial charge in [0.05, 0.1) is 17.1 Å². The molecule has 0 saturated carbocycles. The maximum atomic E-state index is 13.0. The van der Waals surface area contributed by atoms with Crippen LogP contribution in [-0.4, -0.2) is 36.7 Å². The fourth-order valence-electron chi connectivity index (χ4n) is 4.03. The van der Waals surface area contributed by atoms with Crippen molar-refractivity contribution < 1.29 is 9.53 Å². The number of thiophene rings is 1. The van der Waals surface area contributed by atoms with E-state index in [1.165, 1.54) is 11.3 Å². The summed E-state index contributed by atoms with van der Waals surface area (Å²) < 4.78 is 5.49. The zero-order valence-electron chi connectivity index (χ0n) is 17.9. The van der Waals surface area contributed by atoms with Crippen molar-refractivity contribution in [3.63, 3.8) is 0 Å². The van der Waals surface area contributed by atoms with Crippen molar-refractivity contribution in [2.24, 2.45) is 0 Å². The molecule has 2 N–H and O–H groups in total. The average Bonchev–Trinajstić information content (AvgIpc) is 3.05. The molecule has 1 aliphatic rings. The minimum Gasteiger partial charge on any atom is -0.381 e. The second-order valence-electron chi connectivity index (χ2n) is 7.58. The zero-order chi connectivity index (χ0) is 21.8. The van der Waals surface area contributed by atoms with Crippen molar-refractivity contribution >= 4 is 27.2 Å². The smallest absolute Gasteiger partial charge is 0.255 e. The lowest BCUT2D eigenvalue weighted by atomic mass is 10.1. The standard InChI is InChI=1S/C22H28N4O3S/c1-6-26(16-7-9-29-10-8-16)22-15(4)18(21(23-5)30-22)20(28)24-12-17-13(2)11-14(3)25-19(17)27/h11,16H,6-10,12H2,1-4H3,(H,24,28)(H,25,27). The molecule has 0 radical (unpaired) electrons. The number of aromatic amines is 1. The van der Waals surface area contributed by atoms with Gasteiger partial charge in [0.25, 0.3) is 10.6 Å². The molecule has 8 heteroatoms. The van der Waals surface area contributed by atoms with E-state index in [2.05, 4.69) is 27.0 Å². The van der Waals surface area contributed by atoms with Crippen LogP contribution in [0.15, 0.2) is 10.9 Å². The van der Waals surface area contributed by atoms with Gasteiger partial charge in [-0.3, -0.25) is 9.59 Å². The number of pyridine rings is 1. The fraction of sp³-hybridized carbons (Fsp3) is 0.500. The number of H-pyrrole nitrogens is 1. The summed E-state index contributed by atoms with van der Waals surface area (Å²) in [4.78, 5) is 33.9. The molecule has 3 heterocycles. The minimum atomic E-state index is -0.316. The van der Waals surface area contributed by atoms with E-state index in [-0.39, 0.29) is 18.0 Å². The van der Waals surface area contributed by atoms with E-state index < -0.39 is 0 Å². The van der Waals surface area contributed by atoms with Gasteiger partial charge >= 0.3 is 0 Å². The highest BCUT2D eigenvalue weighted by atomic mass is 32.1. The van der Waals surface area contributed by atoms with Gasteiger partial charge in [-0.2, -0.15) is 0 Å². The summed E-state index contributed by atoms with van der Waals surface area (Å²) in [6.07, 6.45) is 1.88. The highest BCUT2D eigenvalue weighted by molar-refractivity contribution is 7.20. The van der Waals surface area contributed by atoms with E-state index in [1.807, 2.05) is 26.8 Å². The lowest BCUT2D eigenvalue weighted by Crippen LogP contribution is -2.39. The molecule has 2 aromatic heterocycles. The van der Waals surface area contributed by atoms with Gasteiger partial charge in [-0.25, -0.2) is 4.85 Å². The molecule has 0 aliphatic carbocycles. The molecule has 0 bridgehead atoms. The maximum Gasteiger partial charge on any atom is 0.255 e. The number of rotatable bonds is 6. The minimum absolute atomic E-state index is 0.125.